The number of rotatable bonds is 5. The number of aryl methyl sites for hydroxylation is 2. The van der Waals surface area contributed by atoms with E-state index in [9.17, 15) is 0 Å². The number of unbranched alkanes of at least 4 members (excludes halogenated alkanes) is 1. The Morgan fingerprint density at radius 3 is 2.01 bits per heavy atom. The molecule has 2 unspecified atom stereocenters. The van der Waals surface area contributed by atoms with Crippen molar-refractivity contribution in [1.82, 2.24) is 4.57 Å². The van der Waals surface area contributed by atoms with E-state index in [1.165, 1.54) is 142 Å². The molecule has 0 amide bonds. The van der Waals surface area contributed by atoms with Crippen LogP contribution in [0.25, 0.3) is 60.9 Å². The summed E-state index contributed by atoms with van der Waals surface area (Å²) in [6, 6.07) is 69.4. The Bertz CT molecular complexity index is 4080. The molecule has 4 heteroatoms. The van der Waals surface area contributed by atoms with E-state index >= 15 is 0 Å². The molecule has 0 fully saturated rings. The molecule has 0 saturated heterocycles. The minimum atomic E-state index is -0.00345. The van der Waals surface area contributed by atoms with Crippen LogP contribution >= 0.6 is 0 Å². The maximum atomic E-state index is 7.67. The standard InChI is InChI=1S/C40H34N2.C17H18.C15H12N2.C4H10/c1-25-11-10-12-26(23-25)41-36-17-8-5-14-29(36)31-20-21-32-30-15-6-9-18-37(30)42(39(32)38(31)41)27-19-22-35-33(24-27)28-13-4-7-16-34(28)40(35,2)3;1-4-12-8-7-11-15-16(12)13-9-5-6-10-14(13)17(15,2)3;1-17-15(16)11-6-7-14-12(9-11)8-10-4-2-3-5-13(10)14;1-3-4-2/h4,6-13,15-24,29,36H,5,14H2,1-3H3;5-11H,4H2,1-3H3;2-7,9,16H,1,8H2;3-4H2,1-2H3. The quantitative estimate of drug-likeness (QED) is 0.104. The van der Waals surface area contributed by atoms with Gasteiger partial charge in [-0.05, 0) is 159 Å². The van der Waals surface area contributed by atoms with Gasteiger partial charge in [0.25, 0.3) is 0 Å². The third kappa shape index (κ3) is 8.67. The lowest BCUT2D eigenvalue weighted by Crippen LogP contribution is -2.29. The maximum absolute atomic E-state index is 7.67. The van der Waals surface area contributed by atoms with Crippen LogP contribution in [0, 0.1) is 12.3 Å². The highest BCUT2D eigenvalue weighted by Gasteiger charge is 2.42. The monoisotopic (exact) mass is 1040 g/mol. The minimum Gasteiger partial charge on any atom is -0.332 e. The predicted molar refractivity (Wildman–Crippen MR) is 342 cm³/mol. The van der Waals surface area contributed by atoms with Crippen molar-refractivity contribution in [2.24, 2.45) is 4.99 Å². The second-order valence-corrected chi connectivity index (χ2v) is 23.5. The van der Waals surface area contributed by atoms with Crippen LogP contribution in [-0.2, 0) is 23.7 Å². The smallest absolute Gasteiger partial charge is 0.151 e. The molecule has 9 aromatic carbocycles. The Balaban J connectivity index is 0.000000137. The van der Waals surface area contributed by atoms with Crippen LogP contribution in [-0.4, -0.2) is 23.2 Å². The molecule has 80 heavy (non-hydrogen) atoms. The molecule has 4 aliphatic carbocycles. The predicted octanol–water partition coefficient (Wildman–Crippen LogP) is 20.0. The molecule has 1 aromatic heterocycles. The van der Waals surface area contributed by atoms with Gasteiger partial charge in [0.1, 0.15) is 0 Å². The number of benzene rings is 9. The summed E-state index contributed by atoms with van der Waals surface area (Å²) in [5.41, 5.74) is 28.4. The number of allylic oxidation sites excluding steroid dienone is 1. The Kier molecular flexibility index (Phi) is 13.8. The van der Waals surface area contributed by atoms with Crippen molar-refractivity contribution in [2.45, 2.75) is 117 Å². The highest BCUT2D eigenvalue weighted by Crippen LogP contribution is 2.55. The number of amidine groups is 1. The molecule has 0 radical (unpaired) electrons. The highest BCUT2D eigenvalue weighted by atomic mass is 15.2. The summed E-state index contributed by atoms with van der Waals surface area (Å²) in [5, 5.41) is 10.3. The van der Waals surface area contributed by atoms with E-state index in [0.717, 1.165) is 24.8 Å². The molecule has 5 aliphatic rings. The zero-order valence-electron chi connectivity index (χ0n) is 48.0. The summed E-state index contributed by atoms with van der Waals surface area (Å²) in [6.45, 7) is 21.6. The van der Waals surface area contributed by atoms with Crippen molar-refractivity contribution in [3.63, 3.8) is 0 Å². The average molecular weight is 1040 g/mol. The molecule has 0 saturated carbocycles. The van der Waals surface area contributed by atoms with Gasteiger partial charge in [-0.25, -0.2) is 4.99 Å². The first kappa shape index (κ1) is 52.4. The fourth-order valence-electron chi connectivity index (χ4n) is 13.9. The number of aliphatic imine (C=N–C) groups is 1. The fourth-order valence-corrected chi connectivity index (χ4v) is 13.9. The summed E-state index contributed by atoms with van der Waals surface area (Å²) in [5.74, 6) is 0.734. The van der Waals surface area contributed by atoms with E-state index in [1.54, 1.807) is 0 Å². The molecule has 1 N–H and O–H groups in total. The third-order valence-electron chi connectivity index (χ3n) is 18.1. The van der Waals surface area contributed by atoms with E-state index in [2.05, 4.69) is 265 Å². The first-order valence-corrected chi connectivity index (χ1v) is 29.2. The molecular formula is C76H74N4. The van der Waals surface area contributed by atoms with Crippen LogP contribution in [0.1, 0.15) is 136 Å². The lowest BCUT2D eigenvalue weighted by molar-refractivity contribution is 0.573. The molecule has 4 nitrogen and oxygen atoms in total. The van der Waals surface area contributed by atoms with Crippen LogP contribution < -0.4 is 4.90 Å². The van der Waals surface area contributed by atoms with E-state index in [-0.39, 0.29) is 16.7 Å². The summed E-state index contributed by atoms with van der Waals surface area (Å²) in [6.07, 6.45) is 11.9. The molecule has 10 aromatic rings. The number of hydrogen-bond donors (Lipinski definition) is 1. The van der Waals surface area contributed by atoms with E-state index < -0.39 is 0 Å². The SMILES string of the molecule is C=NC(=N)c1ccc2c(c1)Cc1ccccc1-2.CCCC.CCc1cccc2c1-c1ccccc1C2(C)C.Cc1cccc(N2c3c(ccc4c5ccccc5n(-c5ccc6c(c5)-c5ccccc5C6(C)C)c34)C3CCC=CC32)c1. The van der Waals surface area contributed by atoms with Crippen LogP contribution in [0.15, 0.2) is 205 Å². The number of nitrogens with zero attached hydrogens (tertiary/aromatic N) is 3. The molecule has 0 spiro atoms. The second kappa shape index (κ2) is 21.0. The average Bonchev–Trinajstić information content (AvgIpc) is 4.45. The van der Waals surface area contributed by atoms with Crippen LogP contribution in [0.4, 0.5) is 11.4 Å². The first-order valence-electron chi connectivity index (χ1n) is 29.2. The van der Waals surface area contributed by atoms with Gasteiger partial charge in [0.2, 0.25) is 0 Å². The molecule has 15 rings (SSSR count). The summed E-state index contributed by atoms with van der Waals surface area (Å²) >= 11 is 0. The summed E-state index contributed by atoms with van der Waals surface area (Å²) < 4.78 is 2.56. The topological polar surface area (TPSA) is 44.4 Å². The minimum absolute atomic E-state index is 0.00345. The van der Waals surface area contributed by atoms with E-state index in [4.69, 9.17) is 5.41 Å². The Labute approximate surface area is 474 Å². The Morgan fingerprint density at radius 1 is 0.588 bits per heavy atom. The van der Waals surface area contributed by atoms with Crippen molar-refractivity contribution >= 4 is 45.7 Å². The first-order chi connectivity index (χ1) is 38.9. The zero-order chi connectivity index (χ0) is 55.5. The second-order valence-electron chi connectivity index (χ2n) is 23.5. The van der Waals surface area contributed by atoms with Crippen molar-refractivity contribution in [3.8, 4) is 39.1 Å². The van der Waals surface area contributed by atoms with Crippen molar-refractivity contribution in [1.29, 1.82) is 5.41 Å². The van der Waals surface area contributed by atoms with Gasteiger partial charge in [0.05, 0.1) is 22.8 Å². The molecular weight excluding hydrogens is 969 g/mol. The third-order valence-corrected chi connectivity index (χ3v) is 18.1. The number of hydrogen-bond acceptors (Lipinski definition) is 2. The maximum Gasteiger partial charge on any atom is 0.151 e. The van der Waals surface area contributed by atoms with Crippen molar-refractivity contribution < 1.29 is 0 Å². The van der Waals surface area contributed by atoms with Crippen LogP contribution in [0.2, 0.25) is 0 Å². The molecule has 1 aliphatic heterocycles. The number of fused-ring (bicyclic) bond motifs is 16. The van der Waals surface area contributed by atoms with Crippen molar-refractivity contribution in [2.75, 3.05) is 4.90 Å². The van der Waals surface area contributed by atoms with Gasteiger partial charge in [-0.15, -0.1) is 0 Å². The Hall–Kier alpha value is -8.34. The van der Waals surface area contributed by atoms with E-state index in [0.29, 0.717) is 12.0 Å². The number of anilines is 2. The molecule has 0 bridgehead atoms. The number of nitrogens with one attached hydrogen (secondary N) is 1. The Morgan fingerprint density at radius 2 is 1.25 bits per heavy atom. The normalized spacial score (nSPS) is 16.5. The van der Waals surface area contributed by atoms with Gasteiger partial charge in [0, 0.05) is 44.5 Å². The van der Waals surface area contributed by atoms with Gasteiger partial charge in [-0.3, -0.25) is 5.41 Å². The molecule has 2 heterocycles. The lowest BCUT2D eigenvalue weighted by Gasteiger charge is -2.31. The molecule has 2 atom stereocenters. The summed E-state index contributed by atoms with van der Waals surface area (Å²) in [4.78, 5) is 6.31. The lowest BCUT2D eigenvalue weighted by atomic mass is 9.82. The van der Waals surface area contributed by atoms with Gasteiger partial charge >= 0.3 is 0 Å². The largest absolute Gasteiger partial charge is 0.332 e. The fraction of sp³-hybridized carbons (Fsp3) is 0.237. The van der Waals surface area contributed by atoms with E-state index in [1.807, 2.05) is 12.1 Å². The van der Waals surface area contributed by atoms with Crippen LogP contribution in [0.3, 0.4) is 0 Å². The van der Waals surface area contributed by atoms with Crippen LogP contribution in [0.5, 0.6) is 0 Å². The zero-order valence-corrected chi connectivity index (χ0v) is 48.0. The van der Waals surface area contributed by atoms with Gasteiger partial charge in [0.15, 0.2) is 5.84 Å². The van der Waals surface area contributed by atoms with Gasteiger partial charge in [-0.1, -0.05) is 225 Å². The van der Waals surface area contributed by atoms with Crippen molar-refractivity contribution in [3.05, 3.63) is 256 Å². The summed E-state index contributed by atoms with van der Waals surface area (Å²) in [7, 11) is 0. The van der Waals surface area contributed by atoms with Gasteiger partial charge < -0.3 is 9.47 Å². The number of para-hydroxylation sites is 1. The molecule has 398 valence electrons. The highest BCUT2D eigenvalue weighted by molar-refractivity contribution is 6.15. The number of aromatic nitrogens is 1. The van der Waals surface area contributed by atoms with Gasteiger partial charge in [-0.2, -0.15) is 0 Å².